The minimum Gasteiger partial charge on any atom is -0.490 e. The molecule has 2 N–H and O–H groups in total. The number of halogens is 1. The number of rotatable bonds is 2. The summed E-state index contributed by atoms with van der Waals surface area (Å²) in [6.07, 6.45) is 4.42. The molecule has 1 aromatic rings. The van der Waals surface area contributed by atoms with E-state index in [9.17, 15) is 9.18 Å². The summed E-state index contributed by atoms with van der Waals surface area (Å²) in [5.74, 6) is -0.386. The Hall–Kier alpha value is -1.62. The van der Waals surface area contributed by atoms with E-state index in [0.29, 0.717) is 18.6 Å². The van der Waals surface area contributed by atoms with Gasteiger partial charge >= 0.3 is 0 Å². The van der Waals surface area contributed by atoms with Crippen molar-refractivity contribution in [2.75, 3.05) is 13.7 Å². The Morgan fingerprint density at radius 3 is 2.73 bits per heavy atom. The minimum absolute atomic E-state index is 0.0654. The molecule has 0 aromatic heterocycles. The first kappa shape index (κ1) is 15.3. The van der Waals surface area contributed by atoms with Crippen LogP contribution in [0, 0.1) is 5.82 Å². The summed E-state index contributed by atoms with van der Waals surface area (Å²) in [7, 11) is 1.86. The Kier molecular flexibility index (Phi) is 4.34. The molecule has 22 heavy (non-hydrogen) atoms. The monoisotopic (exact) mass is 306 g/mol. The quantitative estimate of drug-likeness (QED) is 0.913. The minimum atomic E-state index is -0.388. The zero-order valence-corrected chi connectivity index (χ0v) is 12.9. The van der Waals surface area contributed by atoms with Crippen LogP contribution in [0.15, 0.2) is 18.2 Å². The Balaban J connectivity index is 1.77. The molecule has 1 aliphatic carbocycles. The highest BCUT2D eigenvalue weighted by Crippen LogP contribution is 2.37. The molecular weight excluding hydrogens is 283 g/mol. The number of carbonyl (C=O) groups excluding carboxylic acids is 1. The number of ether oxygens (including phenoxy) is 1. The third-order valence-corrected chi connectivity index (χ3v) is 4.96. The van der Waals surface area contributed by atoms with Gasteiger partial charge in [0.05, 0.1) is 12.5 Å². The predicted octanol–water partition coefficient (Wildman–Crippen LogP) is 2.42. The zero-order valence-electron chi connectivity index (χ0n) is 12.9. The fraction of sp³-hybridized carbons (Fsp3) is 0.588. The van der Waals surface area contributed by atoms with E-state index in [1.807, 2.05) is 11.9 Å². The lowest BCUT2D eigenvalue weighted by atomic mass is 9.88. The molecule has 5 heteroatoms. The Morgan fingerprint density at radius 2 is 2.00 bits per heavy atom. The van der Waals surface area contributed by atoms with Crippen LogP contribution in [0.2, 0.25) is 0 Å². The van der Waals surface area contributed by atoms with Crippen LogP contribution in [-0.4, -0.2) is 36.5 Å². The van der Waals surface area contributed by atoms with Gasteiger partial charge in [0.1, 0.15) is 0 Å². The van der Waals surface area contributed by atoms with Crippen LogP contribution in [-0.2, 0) is 4.79 Å². The molecular formula is C17H23FN2O2. The fourth-order valence-corrected chi connectivity index (χ4v) is 3.56. The van der Waals surface area contributed by atoms with Gasteiger partial charge in [0.2, 0.25) is 5.91 Å². The van der Waals surface area contributed by atoms with Crippen LogP contribution >= 0.6 is 0 Å². The van der Waals surface area contributed by atoms with E-state index in [0.717, 1.165) is 25.7 Å². The van der Waals surface area contributed by atoms with E-state index in [1.165, 1.54) is 6.07 Å². The first-order chi connectivity index (χ1) is 10.6. The fourth-order valence-electron chi connectivity index (χ4n) is 3.56. The van der Waals surface area contributed by atoms with E-state index < -0.39 is 0 Å². The summed E-state index contributed by atoms with van der Waals surface area (Å²) in [6.45, 7) is 0.383. The lowest BCUT2D eigenvalue weighted by Crippen LogP contribution is -2.44. The number of nitrogens with two attached hydrogens (primary N) is 1. The van der Waals surface area contributed by atoms with Crippen LogP contribution in [0.25, 0.3) is 0 Å². The smallest absolute Gasteiger partial charge is 0.230 e. The van der Waals surface area contributed by atoms with Gasteiger partial charge in [-0.25, -0.2) is 4.39 Å². The van der Waals surface area contributed by atoms with E-state index in [1.54, 1.807) is 12.1 Å². The maximum absolute atomic E-state index is 13.8. The third kappa shape index (κ3) is 2.82. The van der Waals surface area contributed by atoms with Crippen LogP contribution in [0.3, 0.4) is 0 Å². The summed E-state index contributed by atoms with van der Waals surface area (Å²) < 4.78 is 19.3. The average molecular weight is 306 g/mol. The second-order valence-electron chi connectivity index (χ2n) is 6.37. The van der Waals surface area contributed by atoms with Gasteiger partial charge in [0.15, 0.2) is 11.6 Å². The predicted molar refractivity (Wildman–Crippen MR) is 82.3 cm³/mol. The number of hydrogen-bond acceptors (Lipinski definition) is 3. The Morgan fingerprint density at radius 1 is 1.27 bits per heavy atom. The third-order valence-electron chi connectivity index (χ3n) is 4.96. The number of benzene rings is 1. The Labute approximate surface area is 130 Å². The van der Waals surface area contributed by atoms with Crippen molar-refractivity contribution >= 4 is 5.91 Å². The number of hydrogen-bond donors (Lipinski definition) is 1. The SMILES string of the molecule is CN(C(=O)C1CCOc2c(F)cccc21)C1CCC(N)CC1. The molecule has 1 fully saturated rings. The molecule has 1 saturated carbocycles. The van der Waals surface area contributed by atoms with E-state index in [4.69, 9.17) is 10.5 Å². The maximum Gasteiger partial charge on any atom is 0.230 e. The summed E-state index contributed by atoms with van der Waals surface area (Å²) in [6, 6.07) is 5.32. The molecule has 1 unspecified atom stereocenters. The van der Waals surface area contributed by atoms with Crippen molar-refractivity contribution in [2.45, 2.75) is 50.1 Å². The van der Waals surface area contributed by atoms with Gasteiger partial charge in [-0.1, -0.05) is 12.1 Å². The van der Waals surface area contributed by atoms with Gasteiger partial charge in [-0.2, -0.15) is 0 Å². The summed E-state index contributed by atoms with van der Waals surface area (Å²) in [5.41, 5.74) is 6.61. The van der Waals surface area contributed by atoms with Crippen LogP contribution in [0.1, 0.15) is 43.6 Å². The van der Waals surface area contributed by atoms with Gasteiger partial charge in [0, 0.05) is 24.7 Å². The maximum atomic E-state index is 13.8. The molecule has 1 aromatic carbocycles. The van der Waals surface area contributed by atoms with Crippen molar-refractivity contribution in [3.63, 3.8) is 0 Å². The van der Waals surface area contributed by atoms with Crippen molar-refractivity contribution in [3.8, 4) is 5.75 Å². The molecule has 1 aliphatic heterocycles. The van der Waals surface area contributed by atoms with Crippen molar-refractivity contribution < 1.29 is 13.9 Å². The van der Waals surface area contributed by atoms with E-state index >= 15 is 0 Å². The van der Waals surface area contributed by atoms with Crippen molar-refractivity contribution in [3.05, 3.63) is 29.6 Å². The number of para-hydroxylation sites is 1. The van der Waals surface area contributed by atoms with Gasteiger partial charge in [-0.05, 0) is 38.2 Å². The lowest BCUT2D eigenvalue weighted by molar-refractivity contribution is -0.135. The first-order valence-electron chi connectivity index (χ1n) is 8.01. The number of fused-ring (bicyclic) bond motifs is 1. The number of carbonyl (C=O) groups is 1. The second-order valence-corrected chi connectivity index (χ2v) is 6.37. The highest BCUT2D eigenvalue weighted by molar-refractivity contribution is 5.85. The largest absolute Gasteiger partial charge is 0.490 e. The molecule has 1 amide bonds. The van der Waals surface area contributed by atoms with E-state index in [-0.39, 0.29) is 35.5 Å². The molecule has 120 valence electrons. The summed E-state index contributed by atoms with van der Waals surface area (Å²) >= 11 is 0. The summed E-state index contributed by atoms with van der Waals surface area (Å²) in [5, 5.41) is 0. The van der Waals surface area contributed by atoms with Gasteiger partial charge in [0.25, 0.3) is 0 Å². The van der Waals surface area contributed by atoms with Gasteiger partial charge in [-0.3, -0.25) is 4.79 Å². The molecule has 0 radical (unpaired) electrons. The average Bonchev–Trinajstić information content (AvgIpc) is 2.54. The molecule has 2 aliphatic rings. The molecule has 1 heterocycles. The standard InChI is InChI=1S/C17H23FN2O2/c1-20(12-7-5-11(19)6-8-12)17(21)14-9-10-22-16-13(14)3-2-4-15(16)18/h2-4,11-12,14H,5-10,19H2,1H3. The highest BCUT2D eigenvalue weighted by atomic mass is 19.1. The van der Waals surface area contributed by atoms with Gasteiger partial charge < -0.3 is 15.4 Å². The van der Waals surface area contributed by atoms with Gasteiger partial charge in [-0.15, -0.1) is 0 Å². The lowest BCUT2D eigenvalue weighted by Gasteiger charge is -2.36. The molecule has 1 atom stereocenters. The number of amides is 1. The molecule has 0 saturated heterocycles. The van der Waals surface area contributed by atoms with Crippen molar-refractivity contribution in [2.24, 2.45) is 5.73 Å². The number of nitrogens with zero attached hydrogens (tertiary/aromatic N) is 1. The number of likely N-dealkylation sites (N-methyl/N-ethyl adjacent to an activating group) is 1. The van der Waals surface area contributed by atoms with Crippen molar-refractivity contribution in [1.29, 1.82) is 0 Å². The topological polar surface area (TPSA) is 55.6 Å². The zero-order chi connectivity index (χ0) is 15.7. The molecule has 4 nitrogen and oxygen atoms in total. The molecule has 0 spiro atoms. The normalized spacial score (nSPS) is 27.7. The van der Waals surface area contributed by atoms with Crippen molar-refractivity contribution in [1.82, 2.24) is 4.90 Å². The van der Waals surface area contributed by atoms with Crippen LogP contribution in [0.5, 0.6) is 5.75 Å². The Bertz CT molecular complexity index is 556. The summed E-state index contributed by atoms with van der Waals surface area (Å²) in [4.78, 5) is 14.7. The highest BCUT2D eigenvalue weighted by Gasteiger charge is 2.34. The van der Waals surface area contributed by atoms with Crippen LogP contribution < -0.4 is 10.5 Å². The molecule has 3 rings (SSSR count). The first-order valence-corrected chi connectivity index (χ1v) is 8.01. The molecule has 0 bridgehead atoms. The van der Waals surface area contributed by atoms with Crippen LogP contribution in [0.4, 0.5) is 4.39 Å². The van der Waals surface area contributed by atoms with E-state index in [2.05, 4.69) is 0 Å². The second kappa shape index (κ2) is 6.24.